The summed E-state index contributed by atoms with van der Waals surface area (Å²) < 4.78 is 5.52. The Bertz CT molecular complexity index is 567. The van der Waals surface area contributed by atoms with E-state index in [9.17, 15) is 0 Å². The minimum absolute atomic E-state index is 0.261. The standard InChI is InChI=1S/C15H21N3O/c1-10(2)19-7-6-17-15-5-4-14(16)13-9-18-11(3)8-12(13)15/h4-5,8-10,17H,6-7,16H2,1-3H3. The van der Waals surface area contributed by atoms with Gasteiger partial charge in [0, 0.05) is 40.6 Å². The van der Waals surface area contributed by atoms with Crippen molar-refractivity contribution >= 4 is 22.1 Å². The lowest BCUT2D eigenvalue weighted by atomic mass is 10.1. The first-order chi connectivity index (χ1) is 9.08. The van der Waals surface area contributed by atoms with E-state index in [2.05, 4.69) is 16.4 Å². The Morgan fingerprint density at radius 2 is 2.11 bits per heavy atom. The monoisotopic (exact) mass is 259 g/mol. The second-order valence-electron chi connectivity index (χ2n) is 4.92. The zero-order valence-corrected chi connectivity index (χ0v) is 11.7. The van der Waals surface area contributed by atoms with Gasteiger partial charge in [0.2, 0.25) is 0 Å². The van der Waals surface area contributed by atoms with E-state index in [1.165, 1.54) is 0 Å². The number of nitrogens with zero attached hydrogens (tertiary/aromatic N) is 1. The lowest BCUT2D eigenvalue weighted by Gasteiger charge is -2.13. The number of aromatic nitrogens is 1. The number of fused-ring (bicyclic) bond motifs is 1. The Hall–Kier alpha value is -1.81. The van der Waals surface area contributed by atoms with E-state index in [1.54, 1.807) is 0 Å². The van der Waals surface area contributed by atoms with Crippen molar-refractivity contribution in [3.05, 3.63) is 30.1 Å². The summed E-state index contributed by atoms with van der Waals surface area (Å²) in [6.07, 6.45) is 2.09. The second kappa shape index (κ2) is 5.89. The molecule has 0 saturated carbocycles. The van der Waals surface area contributed by atoms with Crippen molar-refractivity contribution in [1.82, 2.24) is 4.98 Å². The molecular formula is C15H21N3O. The summed E-state index contributed by atoms with van der Waals surface area (Å²) >= 11 is 0. The molecule has 0 aliphatic rings. The Labute approximate surface area is 114 Å². The van der Waals surface area contributed by atoms with Gasteiger partial charge in [-0.1, -0.05) is 0 Å². The van der Waals surface area contributed by atoms with Crippen molar-refractivity contribution in [2.45, 2.75) is 26.9 Å². The van der Waals surface area contributed by atoms with Gasteiger partial charge in [-0.15, -0.1) is 0 Å². The van der Waals surface area contributed by atoms with Crippen LogP contribution < -0.4 is 11.1 Å². The molecule has 4 nitrogen and oxygen atoms in total. The molecule has 19 heavy (non-hydrogen) atoms. The average molecular weight is 259 g/mol. The highest BCUT2D eigenvalue weighted by molar-refractivity contribution is 6.00. The quantitative estimate of drug-likeness (QED) is 0.640. The predicted octanol–water partition coefficient (Wildman–Crippen LogP) is 2.96. The molecule has 2 rings (SSSR count). The van der Waals surface area contributed by atoms with Crippen LogP contribution in [0.1, 0.15) is 19.5 Å². The Balaban J connectivity index is 2.18. The van der Waals surface area contributed by atoms with Gasteiger partial charge in [0.15, 0.2) is 0 Å². The van der Waals surface area contributed by atoms with Gasteiger partial charge >= 0.3 is 0 Å². The molecule has 2 aromatic rings. The number of ether oxygens (including phenoxy) is 1. The number of benzene rings is 1. The van der Waals surface area contributed by atoms with E-state index in [0.29, 0.717) is 6.61 Å². The van der Waals surface area contributed by atoms with E-state index in [1.807, 2.05) is 39.1 Å². The van der Waals surface area contributed by atoms with Crippen molar-refractivity contribution < 1.29 is 4.74 Å². The van der Waals surface area contributed by atoms with Crippen molar-refractivity contribution in [2.24, 2.45) is 0 Å². The Morgan fingerprint density at radius 1 is 1.32 bits per heavy atom. The van der Waals surface area contributed by atoms with E-state index >= 15 is 0 Å². The number of nitrogens with two attached hydrogens (primary N) is 1. The Kier molecular flexibility index (Phi) is 4.22. The van der Waals surface area contributed by atoms with Crippen LogP contribution in [-0.2, 0) is 4.74 Å². The molecule has 0 unspecified atom stereocenters. The van der Waals surface area contributed by atoms with E-state index in [-0.39, 0.29) is 6.10 Å². The zero-order chi connectivity index (χ0) is 13.8. The third kappa shape index (κ3) is 3.35. The van der Waals surface area contributed by atoms with Gasteiger partial charge in [-0.2, -0.15) is 0 Å². The summed E-state index contributed by atoms with van der Waals surface area (Å²) in [5.41, 5.74) is 8.79. The molecule has 0 atom stereocenters. The third-order valence-corrected chi connectivity index (χ3v) is 2.94. The van der Waals surface area contributed by atoms with Crippen LogP contribution in [0.4, 0.5) is 11.4 Å². The highest BCUT2D eigenvalue weighted by atomic mass is 16.5. The van der Waals surface area contributed by atoms with Crippen LogP contribution in [-0.4, -0.2) is 24.2 Å². The lowest BCUT2D eigenvalue weighted by Crippen LogP contribution is -2.13. The van der Waals surface area contributed by atoms with E-state index in [0.717, 1.165) is 34.4 Å². The normalized spacial score (nSPS) is 11.2. The predicted molar refractivity (Wildman–Crippen MR) is 80.5 cm³/mol. The van der Waals surface area contributed by atoms with Gasteiger partial charge < -0.3 is 15.8 Å². The van der Waals surface area contributed by atoms with Crippen molar-refractivity contribution in [1.29, 1.82) is 0 Å². The fourth-order valence-corrected chi connectivity index (χ4v) is 2.00. The molecule has 0 bridgehead atoms. The minimum Gasteiger partial charge on any atom is -0.398 e. The number of anilines is 2. The molecule has 0 aliphatic carbocycles. The number of nitrogens with one attached hydrogen (secondary N) is 1. The molecule has 0 spiro atoms. The smallest absolute Gasteiger partial charge is 0.0642 e. The topological polar surface area (TPSA) is 60.2 Å². The number of pyridine rings is 1. The van der Waals surface area contributed by atoms with Crippen LogP contribution in [0.2, 0.25) is 0 Å². The molecule has 0 radical (unpaired) electrons. The summed E-state index contributed by atoms with van der Waals surface area (Å²) in [6.45, 7) is 7.52. The van der Waals surface area contributed by atoms with Gasteiger partial charge in [0.05, 0.1) is 12.7 Å². The maximum Gasteiger partial charge on any atom is 0.0642 e. The maximum atomic E-state index is 5.98. The van der Waals surface area contributed by atoms with Crippen molar-refractivity contribution in [3.8, 4) is 0 Å². The first kappa shape index (κ1) is 13.6. The number of hydrogen-bond donors (Lipinski definition) is 2. The number of aryl methyl sites for hydroxylation is 1. The molecule has 0 amide bonds. The fraction of sp³-hybridized carbons (Fsp3) is 0.400. The average Bonchev–Trinajstić information content (AvgIpc) is 2.36. The first-order valence-electron chi connectivity index (χ1n) is 6.58. The van der Waals surface area contributed by atoms with E-state index in [4.69, 9.17) is 10.5 Å². The highest BCUT2D eigenvalue weighted by Crippen LogP contribution is 2.28. The Morgan fingerprint density at radius 3 is 2.84 bits per heavy atom. The molecule has 0 fully saturated rings. The van der Waals surface area contributed by atoms with Crippen LogP contribution in [0.5, 0.6) is 0 Å². The molecule has 102 valence electrons. The number of nitrogen functional groups attached to an aromatic ring is 1. The van der Waals surface area contributed by atoms with Gasteiger partial charge in [-0.3, -0.25) is 4.98 Å². The van der Waals surface area contributed by atoms with Gasteiger partial charge in [-0.25, -0.2) is 0 Å². The van der Waals surface area contributed by atoms with Crippen molar-refractivity contribution in [2.75, 3.05) is 24.2 Å². The summed E-state index contributed by atoms with van der Waals surface area (Å²) in [5.74, 6) is 0. The zero-order valence-electron chi connectivity index (χ0n) is 11.7. The van der Waals surface area contributed by atoms with Crippen LogP contribution in [0.15, 0.2) is 24.4 Å². The van der Waals surface area contributed by atoms with Gasteiger partial charge in [0.25, 0.3) is 0 Å². The number of hydrogen-bond acceptors (Lipinski definition) is 4. The van der Waals surface area contributed by atoms with Gasteiger partial charge in [0.1, 0.15) is 0 Å². The molecular weight excluding hydrogens is 238 g/mol. The number of rotatable bonds is 5. The molecule has 0 saturated heterocycles. The molecule has 4 heteroatoms. The summed E-state index contributed by atoms with van der Waals surface area (Å²) in [4.78, 5) is 4.30. The van der Waals surface area contributed by atoms with Crippen LogP contribution in [0.3, 0.4) is 0 Å². The molecule has 1 aromatic carbocycles. The van der Waals surface area contributed by atoms with Crippen molar-refractivity contribution in [3.63, 3.8) is 0 Å². The highest BCUT2D eigenvalue weighted by Gasteiger charge is 2.05. The largest absolute Gasteiger partial charge is 0.398 e. The SMILES string of the molecule is Cc1cc2c(NCCOC(C)C)ccc(N)c2cn1. The molecule has 1 aromatic heterocycles. The summed E-state index contributed by atoms with van der Waals surface area (Å²) in [7, 11) is 0. The first-order valence-corrected chi connectivity index (χ1v) is 6.58. The minimum atomic E-state index is 0.261. The van der Waals surface area contributed by atoms with Crippen LogP contribution in [0.25, 0.3) is 10.8 Å². The van der Waals surface area contributed by atoms with E-state index < -0.39 is 0 Å². The maximum absolute atomic E-state index is 5.98. The molecule has 1 heterocycles. The van der Waals surface area contributed by atoms with Crippen LogP contribution >= 0.6 is 0 Å². The summed E-state index contributed by atoms with van der Waals surface area (Å²) in [6, 6.07) is 5.97. The molecule has 0 aliphatic heterocycles. The fourth-order valence-electron chi connectivity index (χ4n) is 2.00. The van der Waals surface area contributed by atoms with Gasteiger partial charge in [-0.05, 0) is 39.0 Å². The summed E-state index contributed by atoms with van der Waals surface area (Å²) in [5, 5.41) is 5.48. The van der Waals surface area contributed by atoms with Crippen LogP contribution in [0, 0.1) is 6.92 Å². The molecule has 3 N–H and O–H groups in total. The second-order valence-corrected chi connectivity index (χ2v) is 4.92. The third-order valence-electron chi connectivity index (χ3n) is 2.94. The lowest BCUT2D eigenvalue weighted by molar-refractivity contribution is 0.0871.